The van der Waals surface area contributed by atoms with E-state index in [4.69, 9.17) is 0 Å². The number of thiophene rings is 1. The summed E-state index contributed by atoms with van der Waals surface area (Å²) in [5.74, 6) is -1.29. The van der Waals surface area contributed by atoms with Crippen LogP contribution in [0.5, 0.6) is 0 Å². The lowest BCUT2D eigenvalue weighted by molar-refractivity contribution is -0.142. The molecule has 116 valence electrons. The second-order valence-corrected chi connectivity index (χ2v) is 6.04. The Balaban J connectivity index is 2.07. The summed E-state index contributed by atoms with van der Waals surface area (Å²) in [5, 5.41) is 16.0. The van der Waals surface area contributed by atoms with Gasteiger partial charge in [0.2, 0.25) is 5.91 Å². The summed E-state index contributed by atoms with van der Waals surface area (Å²) >= 11 is 1.58. The third-order valence-electron chi connectivity index (χ3n) is 3.73. The molecule has 2 N–H and O–H groups in total. The van der Waals surface area contributed by atoms with Crippen LogP contribution in [0.1, 0.15) is 34.7 Å². The Hall–Kier alpha value is -2.14. The number of nitrogens with one attached hydrogen (secondary N) is 1. The van der Waals surface area contributed by atoms with Crippen molar-refractivity contribution in [2.75, 3.05) is 0 Å². The van der Waals surface area contributed by atoms with Crippen molar-refractivity contribution in [3.63, 3.8) is 0 Å². The Bertz CT molecular complexity index is 665. The Labute approximate surface area is 133 Å². The van der Waals surface area contributed by atoms with Gasteiger partial charge in [0.15, 0.2) is 6.04 Å². The van der Waals surface area contributed by atoms with E-state index >= 15 is 0 Å². The van der Waals surface area contributed by atoms with Crippen LogP contribution in [0, 0.1) is 13.8 Å². The lowest BCUT2D eigenvalue weighted by Crippen LogP contribution is -2.34. The third-order valence-corrected chi connectivity index (χ3v) is 4.46. The molecule has 22 heavy (non-hydrogen) atoms. The highest BCUT2D eigenvalue weighted by atomic mass is 32.1. The monoisotopic (exact) mass is 317 g/mol. The number of carboxylic acids is 1. The average Bonchev–Trinajstić information content (AvgIpc) is 2.99. The summed E-state index contributed by atoms with van der Waals surface area (Å²) < 4.78 is 0. The van der Waals surface area contributed by atoms with Crippen LogP contribution < -0.4 is 5.32 Å². The number of hydrogen-bond donors (Lipinski definition) is 2. The van der Waals surface area contributed by atoms with Gasteiger partial charge in [0, 0.05) is 6.42 Å². The number of amides is 1. The molecular weight excluding hydrogens is 298 g/mol. The number of carboxylic acid groups (broad SMARTS) is 1. The molecule has 0 saturated heterocycles. The van der Waals surface area contributed by atoms with E-state index in [-0.39, 0.29) is 12.3 Å². The normalized spacial score (nSPS) is 11.9. The minimum atomic E-state index is -1.04. The fourth-order valence-corrected chi connectivity index (χ4v) is 2.99. The SMILES string of the molecule is Cc1cccc(C(NC(=O)CCc2ccsc2)C(=O)O)c1C. The van der Waals surface area contributed by atoms with Crippen LogP contribution in [-0.4, -0.2) is 17.0 Å². The van der Waals surface area contributed by atoms with Gasteiger partial charge < -0.3 is 10.4 Å². The van der Waals surface area contributed by atoms with Crippen LogP contribution in [0.2, 0.25) is 0 Å². The maximum absolute atomic E-state index is 12.1. The van der Waals surface area contributed by atoms with Crippen molar-refractivity contribution in [1.29, 1.82) is 0 Å². The van der Waals surface area contributed by atoms with E-state index in [0.717, 1.165) is 16.7 Å². The molecule has 0 bridgehead atoms. The lowest BCUT2D eigenvalue weighted by atomic mass is 9.97. The third kappa shape index (κ3) is 3.95. The van der Waals surface area contributed by atoms with Gasteiger partial charge in [0.05, 0.1) is 0 Å². The zero-order valence-corrected chi connectivity index (χ0v) is 13.4. The van der Waals surface area contributed by atoms with Crippen molar-refractivity contribution < 1.29 is 14.7 Å². The average molecular weight is 317 g/mol. The molecule has 4 nitrogen and oxygen atoms in total. The van der Waals surface area contributed by atoms with Crippen molar-refractivity contribution >= 4 is 23.2 Å². The van der Waals surface area contributed by atoms with Crippen LogP contribution in [0.25, 0.3) is 0 Å². The van der Waals surface area contributed by atoms with Gasteiger partial charge in [-0.15, -0.1) is 0 Å². The molecule has 1 aromatic heterocycles. The van der Waals surface area contributed by atoms with Crippen LogP contribution in [0.15, 0.2) is 35.0 Å². The fraction of sp³-hybridized carbons (Fsp3) is 0.294. The molecule has 1 aromatic carbocycles. The summed E-state index contributed by atoms with van der Waals surface area (Å²) in [6, 6.07) is 6.45. The predicted molar refractivity (Wildman–Crippen MR) is 87.1 cm³/mol. The molecule has 1 atom stereocenters. The van der Waals surface area contributed by atoms with Gasteiger partial charge in [-0.25, -0.2) is 4.79 Å². The number of hydrogen-bond acceptors (Lipinski definition) is 3. The summed E-state index contributed by atoms with van der Waals surface area (Å²) in [6.45, 7) is 3.80. The van der Waals surface area contributed by atoms with E-state index in [1.165, 1.54) is 0 Å². The quantitative estimate of drug-likeness (QED) is 0.859. The lowest BCUT2D eigenvalue weighted by Gasteiger charge is -2.18. The van der Waals surface area contributed by atoms with Gasteiger partial charge >= 0.3 is 5.97 Å². The molecule has 1 heterocycles. The Morgan fingerprint density at radius 3 is 2.68 bits per heavy atom. The van der Waals surface area contributed by atoms with Crippen molar-refractivity contribution in [2.24, 2.45) is 0 Å². The fourth-order valence-electron chi connectivity index (χ4n) is 2.28. The Kier molecular flexibility index (Phi) is 5.33. The highest BCUT2D eigenvalue weighted by Crippen LogP contribution is 2.21. The number of aryl methyl sites for hydroxylation is 2. The molecule has 1 amide bonds. The Morgan fingerprint density at radius 2 is 2.05 bits per heavy atom. The van der Waals surface area contributed by atoms with Crippen LogP contribution in [0.3, 0.4) is 0 Å². The van der Waals surface area contributed by atoms with E-state index in [1.54, 1.807) is 17.4 Å². The largest absolute Gasteiger partial charge is 0.479 e. The van der Waals surface area contributed by atoms with Gasteiger partial charge in [-0.1, -0.05) is 18.2 Å². The van der Waals surface area contributed by atoms with Gasteiger partial charge in [-0.05, 0) is 59.3 Å². The summed E-state index contributed by atoms with van der Waals surface area (Å²) in [4.78, 5) is 23.6. The molecule has 0 spiro atoms. The summed E-state index contributed by atoms with van der Waals surface area (Å²) in [6.07, 6.45) is 0.903. The second kappa shape index (κ2) is 7.22. The van der Waals surface area contributed by atoms with Crippen LogP contribution in [0.4, 0.5) is 0 Å². The maximum Gasteiger partial charge on any atom is 0.330 e. The van der Waals surface area contributed by atoms with Gasteiger partial charge in [-0.2, -0.15) is 11.3 Å². The Morgan fingerprint density at radius 1 is 1.27 bits per heavy atom. The van der Waals surface area contributed by atoms with Gasteiger partial charge in [0.25, 0.3) is 0 Å². The number of carbonyl (C=O) groups is 2. The molecule has 1 unspecified atom stereocenters. The van der Waals surface area contributed by atoms with Crippen LogP contribution in [-0.2, 0) is 16.0 Å². The first-order valence-electron chi connectivity index (χ1n) is 7.08. The number of benzene rings is 1. The highest BCUT2D eigenvalue weighted by Gasteiger charge is 2.23. The number of carbonyl (C=O) groups excluding carboxylic acids is 1. The number of rotatable bonds is 6. The topological polar surface area (TPSA) is 66.4 Å². The predicted octanol–water partition coefficient (Wildman–Crippen LogP) is 3.24. The zero-order chi connectivity index (χ0) is 16.1. The molecule has 0 fully saturated rings. The molecular formula is C17H19NO3S. The highest BCUT2D eigenvalue weighted by molar-refractivity contribution is 7.07. The van der Waals surface area contributed by atoms with E-state index < -0.39 is 12.0 Å². The second-order valence-electron chi connectivity index (χ2n) is 5.26. The first-order valence-corrected chi connectivity index (χ1v) is 8.02. The van der Waals surface area contributed by atoms with Crippen molar-refractivity contribution in [2.45, 2.75) is 32.7 Å². The van der Waals surface area contributed by atoms with Crippen molar-refractivity contribution in [3.05, 3.63) is 57.3 Å². The van der Waals surface area contributed by atoms with E-state index in [9.17, 15) is 14.7 Å². The minimum Gasteiger partial charge on any atom is -0.479 e. The first-order chi connectivity index (χ1) is 10.5. The zero-order valence-electron chi connectivity index (χ0n) is 12.6. The van der Waals surface area contributed by atoms with Crippen molar-refractivity contribution in [1.82, 2.24) is 5.32 Å². The van der Waals surface area contributed by atoms with E-state index in [1.807, 2.05) is 42.8 Å². The van der Waals surface area contributed by atoms with Gasteiger partial charge in [0.1, 0.15) is 0 Å². The van der Waals surface area contributed by atoms with Gasteiger partial charge in [-0.3, -0.25) is 4.79 Å². The molecule has 0 aliphatic carbocycles. The molecule has 0 aliphatic rings. The molecule has 0 radical (unpaired) electrons. The minimum absolute atomic E-state index is 0.250. The maximum atomic E-state index is 12.1. The number of aliphatic carboxylic acids is 1. The van der Waals surface area contributed by atoms with E-state index in [2.05, 4.69) is 5.32 Å². The van der Waals surface area contributed by atoms with Crippen LogP contribution >= 0.6 is 11.3 Å². The first kappa shape index (κ1) is 16.2. The van der Waals surface area contributed by atoms with Crippen molar-refractivity contribution in [3.8, 4) is 0 Å². The molecule has 2 aromatic rings. The molecule has 0 aliphatic heterocycles. The smallest absolute Gasteiger partial charge is 0.330 e. The summed E-state index contributed by atoms with van der Waals surface area (Å²) in [5.41, 5.74) is 3.64. The summed E-state index contributed by atoms with van der Waals surface area (Å²) in [7, 11) is 0. The van der Waals surface area contributed by atoms with E-state index in [0.29, 0.717) is 12.0 Å². The molecule has 2 rings (SSSR count). The molecule has 0 saturated carbocycles. The standard InChI is InChI=1S/C17H19NO3S/c1-11-4-3-5-14(12(11)2)16(17(20)21)18-15(19)7-6-13-8-9-22-10-13/h3-5,8-10,16H,6-7H2,1-2H3,(H,18,19)(H,20,21). The molecule has 5 heteroatoms.